The molecule has 17 heavy (non-hydrogen) atoms. The van der Waals surface area contributed by atoms with E-state index in [-0.39, 0.29) is 11.0 Å². The molecule has 1 aromatic rings. The van der Waals surface area contributed by atoms with E-state index in [0.29, 0.717) is 18.0 Å². The first-order valence-corrected chi connectivity index (χ1v) is 7.76. The molecule has 0 heterocycles. The predicted octanol–water partition coefficient (Wildman–Crippen LogP) is 2.97. The Morgan fingerprint density at radius 1 is 1.41 bits per heavy atom. The molecule has 0 saturated carbocycles. The second-order valence-electron chi connectivity index (χ2n) is 4.02. The largest absolute Gasteiger partial charge is 0.384 e. The number of sulfone groups is 1. The molecule has 0 spiro atoms. The van der Waals surface area contributed by atoms with Gasteiger partial charge in [-0.3, -0.25) is 0 Å². The van der Waals surface area contributed by atoms with Crippen molar-refractivity contribution in [3.8, 4) is 0 Å². The highest BCUT2D eigenvalue weighted by Gasteiger charge is 2.17. The van der Waals surface area contributed by atoms with Gasteiger partial charge in [-0.25, -0.2) is 8.42 Å². The van der Waals surface area contributed by atoms with Crippen LogP contribution in [0, 0.1) is 0 Å². The molecule has 1 aromatic carbocycles. The summed E-state index contributed by atoms with van der Waals surface area (Å²) in [5.41, 5.74) is 0.844. The molecule has 0 saturated heterocycles. The summed E-state index contributed by atoms with van der Waals surface area (Å²) in [5.74, 6) is 0.147. The lowest BCUT2D eigenvalue weighted by Crippen LogP contribution is -2.24. The highest BCUT2D eigenvalue weighted by atomic mass is 35.5. The minimum atomic E-state index is -2.99. The van der Waals surface area contributed by atoms with E-state index in [1.165, 1.54) is 0 Å². The Bertz CT molecular complexity index is 459. The molecule has 96 valence electrons. The Labute approximate surface area is 108 Å². The molecule has 0 radical (unpaired) electrons. The van der Waals surface area contributed by atoms with Crippen molar-refractivity contribution in [3.05, 3.63) is 29.3 Å². The number of benzene rings is 1. The number of nitrogens with one attached hydrogen (secondary N) is 1. The van der Waals surface area contributed by atoms with E-state index in [2.05, 4.69) is 5.32 Å². The highest BCUT2D eigenvalue weighted by molar-refractivity contribution is 7.92. The lowest BCUT2D eigenvalue weighted by atomic mass is 10.3. The van der Waals surface area contributed by atoms with Crippen molar-refractivity contribution in [2.75, 3.05) is 17.6 Å². The van der Waals surface area contributed by atoms with Gasteiger partial charge in [0, 0.05) is 17.3 Å². The van der Waals surface area contributed by atoms with Crippen LogP contribution < -0.4 is 5.32 Å². The fourth-order valence-corrected chi connectivity index (χ4v) is 2.88. The standard InChI is InChI=1S/C12H18ClNO2S/c1-3-10(2)17(15,16)8-7-14-12-6-4-5-11(13)9-12/h4-6,9-10,14H,3,7-8H2,1-2H3. The van der Waals surface area contributed by atoms with Crippen molar-refractivity contribution in [2.24, 2.45) is 0 Å². The summed E-state index contributed by atoms with van der Waals surface area (Å²) in [6.45, 7) is 4.04. The van der Waals surface area contributed by atoms with Crippen LogP contribution in [0.3, 0.4) is 0 Å². The van der Waals surface area contributed by atoms with Crippen molar-refractivity contribution in [1.29, 1.82) is 0 Å². The van der Waals surface area contributed by atoms with Gasteiger partial charge >= 0.3 is 0 Å². The Morgan fingerprint density at radius 3 is 2.71 bits per heavy atom. The quantitative estimate of drug-likeness (QED) is 0.868. The first kappa shape index (κ1) is 14.3. The highest BCUT2D eigenvalue weighted by Crippen LogP contribution is 2.14. The molecule has 0 aliphatic carbocycles. The normalized spacial score (nSPS) is 13.4. The third-order valence-electron chi connectivity index (χ3n) is 2.73. The topological polar surface area (TPSA) is 46.2 Å². The van der Waals surface area contributed by atoms with Crippen LogP contribution in [0.2, 0.25) is 5.02 Å². The number of halogens is 1. The monoisotopic (exact) mass is 275 g/mol. The van der Waals surface area contributed by atoms with Crippen LogP contribution in [-0.4, -0.2) is 26.0 Å². The minimum Gasteiger partial charge on any atom is -0.384 e. The van der Waals surface area contributed by atoms with E-state index in [1.54, 1.807) is 19.1 Å². The summed E-state index contributed by atoms with van der Waals surface area (Å²) >= 11 is 5.83. The number of anilines is 1. The van der Waals surface area contributed by atoms with Gasteiger partial charge in [-0.2, -0.15) is 0 Å². The van der Waals surface area contributed by atoms with Gasteiger partial charge < -0.3 is 5.32 Å². The summed E-state index contributed by atoms with van der Waals surface area (Å²) in [7, 11) is -2.99. The molecular formula is C12H18ClNO2S. The molecule has 1 rings (SSSR count). The molecular weight excluding hydrogens is 258 g/mol. The Morgan fingerprint density at radius 2 is 2.12 bits per heavy atom. The Balaban J connectivity index is 2.48. The SMILES string of the molecule is CCC(C)S(=O)(=O)CCNc1cccc(Cl)c1. The molecule has 1 N–H and O–H groups in total. The van der Waals surface area contributed by atoms with Gasteiger partial charge in [0.15, 0.2) is 9.84 Å². The van der Waals surface area contributed by atoms with E-state index in [4.69, 9.17) is 11.6 Å². The van der Waals surface area contributed by atoms with Gasteiger partial charge in [-0.1, -0.05) is 24.6 Å². The molecule has 0 aliphatic rings. The van der Waals surface area contributed by atoms with E-state index in [0.717, 1.165) is 5.69 Å². The number of rotatable bonds is 6. The zero-order chi connectivity index (χ0) is 12.9. The first-order chi connectivity index (χ1) is 7.95. The molecule has 0 aromatic heterocycles. The fraction of sp³-hybridized carbons (Fsp3) is 0.500. The summed E-state index contributed by atoms with van der Waals surface area (Å²) < 4.78 is 23.5. The number of hydrogen-bond acceptors (Lipinski definition) is 3. The third-order valence-corrected chi connectivity index (χ3v) is 5.30. The molecule has 5 heteroatoms. The predicted molar refractivity (Wildman–Crippen MR) is 73.5 cm³/mol. The molecule has 0 bridgehead atoms. The van der Waals surface area contributed by atoms with Gasteiger partial charge in [-0.15, -0.1) is 0 Å². The third kappa shape index (κ3) is 4.56. The summed E-state index contributed by atoms with van der Waals surface area (Å²) in [4.78, 5) is 0. The molecule has 0 aliphatic heterocycles. The summed E-state index contributed by atoms with van der Waals surface area (Å²) in [6, 6.07) is 7.25. The first-order valence-electron chi connectivity index (χ1n) is 5.66. The molecule has 0 amide bonds. The van der Waals surface area contributed by atoms with Gasteiger partial charge in [0.25, 0.3) is 0 Å². The van der Waals surface area contributed by atoms with E-state index in [9.17, 15) is 8.42 Å². The van der Waals surface area contributed by atoms with Crippen LogP contribution in [0.25, 0.3) is 0 Å². The Kier molecular flexibility index (Phi) is 5.28. The number of hydrogen-bond donors (Lipinski definition) is 1. The van der Waals surface area contributed by atoms with Crippen LogP contribution >= 0.6 is 11.6 Å². The maximum Gasteiger partial charge on any atom is 0.154 e. The zero-order valence-electron chi connectivity index (χ0n) is 10.1. The van der Waals surface area contributed by atoms with Gasteiger partial charge in [0.05, 0.1) is 11.0 Å². The maximum absolute atomic E-state index is 11.8. The minimum absolute atomic E-state index is 0.147. The molecule has 1 atom stereocenters. The summed E-state index contributed by atoms with van der Waals surface area (Å²) in [6.07, 6.45) is 0.652. The van der Waals surface area contributed by atoms with Crippen LogP contribution in [0.1, 0.15) is 20.3 Å². The second kappa shape index (κ2) is 6.26. The van der Waals surface area contributed by atoms with Crippen LogP contribution in [-0.2, 0) is 9.84 Å². The van der Waals surface area contributed by atoms with Crippen molar-refractivity contribution < 1.29 is 8.42 Å². The average Bonchev–Trinajstić information content (AvgIpc) is 2.27. The van der Waals surface area contributed by atoms with Crippen LogP contribution in [0.5, 0.6) is 0 Å². The lowest BCUT2D eigenvalue weighted by molar-refractivity contribution is 0.581. The average molecular weight is 276 g/mol. The molecule has 0 fully saturated rings. The van der Waals surface area contributed by atoms with Gasteiger partial charge in [0.1, 0.15) is 0 Å². The summed E-state index contributed by atoms with van der Waals surface area (Å²) in [5, 5.41) is 3.42. The smallest absolute Gasteiger partial charge is 0.154 e. The molecule has 3 nitrogen and oxygen atoms in total. The molecule has 1 unspecified atom stereocenters. The van der Waals surface area contributed by atoms with Gasteiger partial charge in [-0.05, 0) is 31.5 Å². The van der Waals surface area contributed by atoms with E-state index < -0.39 is 9.84 Å². The van der Waals surface area contributed by atoms with Crippen molar-refractivity contribution >= 4 is 27.1 Å². The van der Waals surface area contributed by atoms with Crippen molar-refractivity contribution in [3.63, 3.8) is 0 Å². The van der Waals surface area contributed by atoms with Crippen LogP contribution in [0.15, 0.2) is 24.3 Å². The lowest BCUT2D eigenvalue weighted by Gasteiger charge is -2.11. The van der Waals surface area contributed by atoms with Crippen molar-refractivity contribution in [1.82, 2.24) is 0 Å². The van der Waals surface area contributed by atoms with E-state index >= 15 is 0 Å². The second-order valence-corrected chi connectivity index (χ2v) is 7.00. The fourth-order valence-electron chi connectivity index (χ4n) is 1.39. The van der Waals surface area contributed by atoms with Crippen molar-refractivity contribution in [2.45, 2.75) is 25.5 Å². The van der Waals surface area contributed by atoms with Gasteiger partial charge in [0.2, 0.25) is 0 Å². The maximum atomic E-state index is 11.8. The Hall–Kier alpha value is -0.740. The van der Waals surface area contributed by atoms with E-state index in [1.807, 2.05) is 19.1 Å². The van der Waals surface area contributed by atoms with Crippen LogP contribution in [0.4, 0.5) is 5.69 Å². The zero-order valence-corrected chi connectivity index (χ0v) is 11.7.